The summed E-state index contributed by atoms with van der Waals surface area (Å²) in [4.78, 5) is 22.2. The number of nitro groups is 1. The molecule has 0 aromatic heterocycles. The second-order valence-corrected chi connectivity index (χ2v) is 5.82. The third-order valence-corrected chi connectivity index (χ3v) is 3.71. The molecule has 0 bridgehead atoms. The van der Waals surface area contributed by atoms with E-state index in [2.05, 4.69) is 10.6 Å². The number of carbonyl (C=O) groups is 1. The first-order chi connectivity index (χ1) is 12.0. The molecule has 0 radical (unpaired) electrons. The lowest BCUT2D eigenvalue weighted by Crippen LogP contribution is -2.41. The highest BCUT2D eigenvalue weighted by Crippen LogP contribution is 2.17. The summed E-state index contributed by atoms with van der Waals surface area (Å²) in [6.07, 6.45) is -0.276. The average Bonchev–Trinajstić information content (AvgIpc) is 2.60. The van der Waals surface area contributed by atoms with Gasteiger partial charge in [-0.3, -0.25) is 10.1 Å². The van der Waals surface area contributed by atoms with Gasteiger partial charge >= 0.3 is 6.03 Å². The van der Waals surface area contributed by atoms with Gasteiger partial charge in [0.25, 0.3) is 5.69 Å². The van der Waals surface area contributed by atoms with Crippen molar-refractivity contribution in [3.05, 3.63) is 75.8 Å². The highest BCUT2D eigenvalue weighted by molar-refractivity contribution is 5.74. The third-order valence-electron chi connectivity index (χ3n) is 3.71. The number of urea groups is 1. The molecule has 2 amide bonds. The van der Waals surface area contributed by atoms with Gasteiger partial charge in [-0.05, 0) is 24.5 Å². The number of hydrogen-bond acceptors (Lipinski definition) is 4. The van der Waals surface area contributed by atoms with Crippen LogP contribution in [-0.4, -0.2) is 22.1 Å². The molecule has 0 saturated carbocycles. The smallest absolute Gasteiger partial charge is 0.315 e. The molecule has 0 spiro atoms. The highest BCUT2D eigenvalue weighted by Gasteiger charge is 2.14. The van der Waals surface area contributed by atoms with E-state index in [0.29, 0.717) is 12.0 Å². The monoisotopic (exact) mass is 343 g/mol. The first kappa shape index (κ1) is 18.4. The summed E-state index contributed by atoms with van der Waals surface area (Å²) in [5.74, 6) is 0. The summed E-state index contributed by atoms with van der Waals surface area (Å²) in [5.41, 5.74) is 1.42. The Balaban J connectivity index is 1.79. The highest BCUT2D eigenvalue weighted by atomic mass is 16.6. The van der Waals surface area contributed by atoms with Crippen LogP contribution in [0.3, 0.4) is 0 Å². The first-order valence-corrected chi connectivity index (χ1v) is 7.96. The van der Waals surface area contributed by atoms with Crippen LogP contribution < -0.4 is 10.6 Å². The summed E-state index contributed by atoms with van der Waals surface area (Å²) < 4.78 is 0. The molecular formula is C18H21N3O4. The van der Waals surface area contributed by atoms with Crippen molar-refractivity contribution >= 4 is 11.7 Å². The number of nitro benzene ring substituents is 1. The summed E-state index contributed by atoms with van der Waals surface area (Å²) in [7, 11) is 0. The minimum Gasteiger partial charge on any atom is -0.388 e. The fraction of sp³-hybridized carbons (Fsp3) is 0.278. The molecule has 2 rings (SSSR count). The molecule has 3 N–H and O–H groups in total. The van der Waals surface area contributed by atoms with Crippen molar-refractivity contribution in [1.29, 1.82) is 0 Å². The van der Waals surface area contributed by atoms with Crippen molar-refractivity contribution in [2.75, 3.05) is 0 Å². The predicted molar refractivity (Wildman–Crippen MR) is 93.9 cm³/mol. The molecule has 0 fully saturated rings. The van der Waals surface area contributed by atoms with Crippen molar-refractivity contribution < 1.29 is 14.8 Å². The molecule has 25 heavy (non-hydrogen) atoms. The normalized spacial score (nSPS) is 12.9. The Morgan fingerprint density at radius 3 is 2.60 bits per heavy atom. The second kappa shape index (κ2) is 8.79. The quantitative estimate of drug-likeness (QED) is 0.531. The van der Waals surface area contributed by atoms with E-state index in [9.17, 15) is 20.0 Å². The van der Waals surface area contributed by atoms with Gasteiger partial charge in [0.2, 0.25) is 0 Å². The molecule has 7 heteroatoms. The number of aliphatic hydroxyl groups excluding tert-OH is 1. The maximum Gasteiger partial charge on any atom is 0.315 e. The third kappa shape index (κ3) is 5.89. The van der Waals surface area contributed by atoms with Crippen LogP contribution in [0.4, 0.5) is 10.5 Å². The molecule has 132 valence electrons. The van der Waals surface area contributed by atoms with Crippen LogP contribution in [0.5, 0.6) is 0 Å². The zero-order valence-electron chi connectivity index (χ0n) is 13.9. The van der Waals surface area contributed by atoms with E-state index >= 15 is 0 Å². The summed E-state index contributed by atoms with van der Waals surface area (Å²) in [5, 5.41) is 26.3. The van der Waals surface area contributed by atoms with Crippen molar-refractivity contribution in [1.82, 2.24) is 10.6 Å². The number of nitrogens with one attached hydrogen (secondary N) is 2. The zero-order chi connectivity index (χ0) is 18.2. The Morgan fingerprint density at radius 2 is 1.92 bits per heavy atom. The molecule has 2 unspecified atom stereocenters. The lowest BCUT2D eigenvalue weighted by atomic mass is 10.0. The minimum absolute atomic E-state index is 0.0148. The van der Waals surface area contributed by atoms with E-state index in [4.69, 9.17) is 0 Å². The summed E-state index contributed by atoms with van der Waals surface area (Å²) in [6, 6.07) is 14.7. The van der Waals surface area contributed by atoms with Crippen LogP contribution in [0.25, 0.3) is 0 Å². The van der Waals surface area contributed by atoms with Crippen LogP contribution in [0.2, 0.25) is 0 Å². The standard InChI is InChI=1S/C18H21N3O4/c1-13(10-17(22)15-7-3-2-4-8-15)20-18(23)19-12-14-6-5-9-16(11-14)21(24)25/h2-9,11,13,17,22H,10,12H2,1H3,(H2,19,20,23). The number of benzene rings is 2. The number of aliphatic hydroxyl groups is 1. The minimum atomic E-state index is -0.659. The molecule has 2 aromatic rings. The molecule has 0 aliphatic heterocycles. The van der Waals surface area contributed by atoms with Crippen LogP contribution in [0, 0.1) is 10.1 Å². The van der Waals surface area contributed by atoms with Crippen LogP contribution in [0.1, 0.15) is 30.6 Å². The Labute approximate surface area is 145 Å². The summed E-state index contributed by atoms with van der Waals surface area (Å²) in [6.45, 7) is 1.99. The summed E-state index contributed by atoms with van der Waals surface area (Å²) >= 11 is 0. The largest absolute Gasteiger partial charge is 0.388 e. The second-order valence-electron chi connectivity index (χ2n) is 5.82. The zero-order valence-corrected chi connectivity index (χ0v) is 13.9. The van der Waals surface area contributed by atoms with Crippen LogP contribution in [-0.2, 0) is 6.54 Å². The van der Waals surface area contributed by atoms with E-state index in [1.807, 2.05) is 30.3 Å². The topological polar surface area (TPSA) is 104 Å². The first-order valence-electron chi connectivity index (χ1n) is 7.96. The Morgan fingerprint density at radius 1 is 1.20 bits per heavy atom. The van der Waals surface area contributed by atoms with Gasteiger partial charge in [0.1, 0.15) is 0 Å². The van der Waals surface area contributed by atoms with E-state index in [-0.39, 0.29) is 24.3 Å². The fourth-order valence-electron chi connectivity index (χ4n) is 2.44. The van der Waals surface area contributed by atoms with Crippen LogP contribution in [0.15, 0.2) is 54.6 Å². The van der Waals surface area contributed by atoms with Gasteiger partial charge in [0.05, 0.1) is 11.0 Å². The maximum atomic E-state index is 11.9. The fourth-order valence-corrected chi connectivity index (χ4v) is 2.44. The molecule has 0 aliphatic rings. The van der Waals surface area contributed by atoms with Crippen molar-refractivity contribution in [3.8, 4) is 0 Å². The van der Waals surface area contributed by atoms with Crippen molar-refractivity contribution in [2.24, 2.45) is 0 Å². The molecule has 7 nitrogen and oxygen atoms in total. The molecule has 0 heterocycles. The molecule has 2 aromatic carbocycles. The molecule has 0 aliphatic carbocycles. The Kier molecular flexibility index (Phi) is 6.47. The number of amides is 2. The van der Waals surface area contributed by atoms with Gasteiger partial charge in [-0.15, -0.1) is 0 Å². The molecule has 2 atom stereocenters. The van der Waals surface area contributed by atoms with Crippen molar-refractivity contribution in [3.63, 3.8) is 0 Å². The van der Waals surface area contributed by atoms with Crippen molar-refractivity contribution in [2.45, 2.75) is 32.0 Å². The van der Waals surface area contributed by atoms with Gasteiger partial charge in [0.15, 0.2) is 0 Å². The molecular weight excluding hydrogens is 322 g/mol. The van der Waals surface area contributed by atoms with E-state index in [1.54, 1.807) is 19.1 Å². The predicted octanol–water partition coefficient (Wildman–Crippen LogP) is 2.91. The number of rotatable bonds is 7. The van der Waals surface area contributed by atoms with Gasteiger partial charge in [0, 0.05) is 24.7 Å². The number of carbonyl (C=O) groups excluding carboxylic acids is 1. The lowest BCUT2D eigenvalue weighted by Gasteiger charge is -2.18. The van der Waals surface area contributed by atoms with Gasteiger partial charge in [-0.1, -0.05) is 42.5 Å². The van der Waals surface area contributed by atoms with Gasteiger partial charge in [-0.2, -0.15) is 0 Å². The molecule has 0 saturated heterocycles. The number of nitrogens with zero attached hydrogens (tertiary/aromatic N) is 1. The number of hydrogen-bond donors (Lipinski definition) is 3. The SMILES string of the molecule is CC(CC(O)c1ccccc1)NC(=O)NCc1cccc([N+](=O)[O-])c1. The lowest BCUT2D eigenvalue weighted by molar-refractivity contribution is -0.384. The van der Waals surface area contributed by atoms with E-state index < -0.39 is 11.0 Å². The van der Waals surface area contributed by atoms with Gasteiger partial charge < -0.3 is 15.7 Å². The van der Waals surface area contributed by atoms with Crippen LogP contribution >= 0.6 is 0 Å². The van der Waals surface area contributed by atoms with E-state index in [0.717, 1.165) is 5.56 Å². The Hall–Kier alpha value is -2.93. The number of non-ortho nitro benzene ring substituents is 1. The average molecular weight is 343 g/mol. The Bertz CT molecular complexity index is 721. The van der Waals surface area contributed by atoms with Gasteiger partial charge in [-0.25, -0.2) is 4.79 Å². The van der Waals surface area contributed by atoms with E-state index in [1.165, 1.54) is 12.1 Å². The maximum absolute atomic E-state index is 11.9.